The average Bonchev–Trinajstić information content (AvgIpc) is 3.28. The van der Waals surface area contributed by atoms with Crippen LogP contribution in [0, 0.1) is 0 Å². The Morgan fingerprint density at radius 2 is 1.89 bits per heavy atom. The molecule has 0 fully saturated rings. The van der Waals surface area contributed by atoms with Crippen molar-refractivity contribution >= 4 is 38.8 Å². The number of fused-ring (bicyclic) bond motifs is 1. The summed E-state index contributed by atoms with van der Waals surface area (Å²) in [7, 11) is 1.82. The number of pyridine rings is 1. The van der Waals surface area contributed by atoms with Crippen molar-refractivity contribution in [3.63, 3.8) is 0 Å². The lowest BCUT2D eigenvalue weighted by Crippen LogP contribution is -2.27. The Morgan fingerprint density at radius 3 is 2.70 bits per heavy atom. The van der Waals surface area contributed by atoms with E-state index in [1.54, 1.807) is 33.8 Å². The second-order valence-corrected chi connectivity index (χ2v) is 8.29. The van der Waals surface area contributed by atoms with Crippen LogP contribution in [0.4, 0.5) is 0 Å². The van der Waals surface area contributed by atoms with Crippen molar-refractivity contribution in [3.8, 4) is 0 Å². The molecule has 4 aromatic rings. The number of nitrogens with zero attached hydrogens (tertiary/aromatic N) is 4. The van der Waals surface area contributed by atoms with Crippen molar-refractivity contribution < 1.29 is 4.79 Å². The molecule has 0 bridgehead atoms. The van der Waals surface area contributed by atoms with Gasteiger partial charge in [-0.25, -0.2) is 9.97 Å². The number of thiazole rings is 2. The Hall–Kier alpha value is -2.64. The number of carbonyl (C=O) groups is 1. The van der Waals surface area contributed by atoms with Gasteiger partial charge in [0.1, 0.15) is 5.01 Å². The van der Waals surface area contributed by atoms with Crippen LogP contribution in [0.5, 0.6) is 0 Å². The van der Waals surface area contributed by atoms with Crippen molar-refractivity contribution in [2.45, 2.75) is 19.4 Å². The Kier molecular flexibility index (Phi) is 5.22. The fourth-order valence-corrected chi connectivity index (χ4v) is 4.57. The first-order chi connectivity index (χ1) is 13.2. The van der Waals surface area contributed by atoms with Crippen molar-refractivity contribution in [3.05, 3.63) is 75.4 Å². The molecule has 7 heteroatoms. The van der Waals surface area contributed by atoms with E-state index in [4.69, 9.17) is 0 Å². The zero-order chi connectivity index (χ0) is 18.6. The first kappa shape index (κ1) is 17.8. The van der Waals surface area contributed by atoms with Gasteiger partial charge >= 0.3 is 0 Å². The second kappa shape index (κ2) is 7.94. The van der Waals surface area contributed by atoms with Gasteiger partial charge in [0.15, 0.2) is 0 Å². The van der Waals surface area contributed by atoms with Gasteiger partial charge in [-0.05, 0) is 24.3 Å². The molecule has 0 atom stereocenters. The van der Waals surface area contributed by atoms with Crippen LogP contribution in [-0.4, -0.2) is 32.8 Å². The van der Waals surface area contributed by atoms with Crippen LogP contribution in [0.3, 0.4) is 0 Å². The van der Waals surface area contributed by atoms with Gasteiger partial charge in [0.05, 0.1) is 33.9 Å². The molecular formula is C20H18N4OS2. The fraction of sp³-hybridized carbons (Fsp3) is 0.200. The van der Waals surface area contributed by atoms with Gasteiger partial charge in [0.2, 0.25) is 5.91 Å². The maximum atomic E-state index is 12.6. The highest BCUT2D eigenvalue weighted by Gasteiger charge is 2.15. The molecule has 0 saturated heterocycles. The summed E-state index contributed by atoms with van der Waals surface area (Å²) in [5.41, 5.74) is 2.78. The largest absolute Gasteiger partial charge is 0.339 e. The number of hydrogen-bond acceptors (Lipinski definition) is 6. The summed E-state index contributed by atoms with van der Waals surface area (Å²) in [6, 6.07) is 13.9. The van der Waals surface area contributed by atoms with E-state index < -0.39 is 0 Å². The van der Waals surface area contributed by atoms with Crippen LogP contribution in [-0.2, 0) is 24.2 Å². The Morgan fingerprint density at radius 1 is 1.04 bits per heavy atom. The van der Waals surface area contributed by atoms with Crippen LogP contribution in [0.25, 0.3) is 10.2 Å². The number of rotatable bonds is 6. The summed E-state index contributed by atoms with van der Waals surface area (Å²) in [6.07, 6.45) is 2.78. The van der Waals surface area contributed by atoms with Gasteiger partial charge < -0.3 is 4.90 Å². The monoisotopic (exact) mass is 394 g/mol. The molecule has 1 aromatic carbocycles. The first-order valence-corrected chi connectivity index (χ1v) is 10.3. The summed E-state index contributed by atoms with van der Waals surface area (Å²) in [4.78, 5) is 27.8. The molecule has 0 aliphatic rings. The van der Waals surface area contributed by atoms with Crippen LogP contribution in [0.2, 0.25) is 0 Å². The normalized spacial score (nSPS) is 11.0. The summed E-state index contributed by atoms with van der Waals surface area (Å²) in [5.74, 6) is 0.0453. The highest BCUT2D eigenvalue weighted by atomic mass is 32.1. The Balaban J connectivity index is 1.37. The summed E-state index contributed by atoms with van der Waals surface area (Å²) in [5, 5.41) is 3.88. The van der Waals surface area contributed by atoms with Crippen molar-refractivity contribution in [1.82, 2.24) is 19.9 Å². The fourth-order valence-electron chi connectivity index (χ4n) is 2.74. The first-order valence-electron chi connectivity index (χ1n) is 8.59. The van der Waals surface area contributed by atoms with Crippen LogP contribution < -0.4 is 0 Å². The predicted octanol–water partition coefficient (Wildman–Crippen LogP) is 3.94. The van der Waals surface area contributed by atoms with Gasteiger partial charge in [0, 0.05) is 30.7 Å². The molecule has 3 heterocycles. The quantitative estimate of drug-likeness (QED) is 0.497. The molecule has 1 amide bonds. The lowest BCUT2D eigenvalue weighted by Gasteiger charge is -2.14. The van der Waals surface area contributed by atoms with E-state index in [9.17, 15) is 4.79 Å². The summed E-state index contributed by atoms with van der Waals surface area (Å²) < 4.78 is 1.15. The SMILES string of the molecule is CN(Cc1nc2ccccc2s1)C(=O)Cc1csc(Cc2ccccn2)n1. The van der Waals surface area contributed by atoms with Gasteiger partial charge in [0.25, 0.3) is 0 Å². The van der Waals surface area contributed by atoms with E-state index in [0.717, 1.165) is 31.6 Å². The van der Waals surface area contributed by atoms with Gasteiger partial charge in [-0.3, -0.25) is 9.78 Å². The van der Waals surface area contributed by atoms with Crippen molar-refractivity contribution in [1.29, 1.82) is 0 Å². The second-order valence-electron chi connectivity index (χ2n) is 6.23. The summed E-state index contributed by atoms with van der Waals surface area (Å²) in [6.45, 7) is 0.517. The molecule has 0 N–H and O–H groups in total. The number of benzene rings is 1. The molecule has 0 aliphatic carbocycles. The molecule has 0 aliphatic heterocycles. The van der Waals surface area contributed by atoms with Crippen molar-refractivity contribution in [2.24, 2.45) is 0 Å². The zero-order valence-corrected chi connectivity index (χ0v) is 16.5. The van der Waals surface area contributed by atoms with Crippen LogP contribution in [0.15, 0.2) is 54.0 Å². The predicted molar refractivity (Wildman–Crippen MR) is 109 cm³/mol. The molecular weight excluding hydrogens is 376 g/mol. The molecule has 0 radical (unpaired) electrons. The molecule has 5 nitrogen and oxygen atoms in total. The smallest absolute Gasteiger partial charge is 0.228 e. The number of amides is 1. The number of hydrogen-bond donors (Lipinski definition) is 0. The number of carbonyl (C=O) groups excluding carboxylic acids is 1. The lowest BCUT2D eigenvalue weighted by atomic mass is 10.3. The third-order valence-electron chi connectivity index (χ3n) is 4.13. The molecule has 136 valence electrons. The number of para-hydroxylation sites is 1. The minimum Gasteiger partial charge on any atom is -0.339 e. The van der Waals surface area contributed by atoms with Crippen LogP contribution >= 0.6 is 22.7 Å². The van der Waals surface area contributed by atoms with Crippen molar-refractivity contribution in [2.75, 3.05) is 7.05 Å². The number of likely N-dealkylation sites (N-methyl/N-ethyl adjacent to an activating group) is 1. The molecule has 0 unspecified atom stereocenters. The highest BCUT2D eigenvalue weighted by molar-refractivity contribution is 7.18. The van der Waals surface area contributed by atoms with Gasteiger partial charge in [-0.1, -0.05) is 18.2 Å². The van der Waals surface area contributed by atoms with E-state index >= 15 is 0 Å². The molecule has 0 saturated carbocycles. The highest BCUT2D eigenvalue weighted by Crippen LogP contribution is 2.22. The number of aromatic nitrogens is 3. The van der Waals surface area contributed by atoms with E-state index in [1.165, 1.54) is 0 Å². The third-order valence-corrected chi connectivity index (χ3v) is 6.05. The van der Waals surface area contributed by atoms with Gasteiger partial charge in [-0.2, -0.15) is 0 Å². The van der Waals surface area contributed by atoms with E-state index in [-0.39, 0.29) is 5.91 Å². The minimum absolute atomic E-state index is 0.0453. The lowest BCUT2D eigenvalue weighted by molar-refractivity contribution is -0.129. The standard InChI is InChI=1S/C20H18N4OS2/c1-24(12-19-23-16-7-2-3-8-17(16)27-19)20(25)11-15-13-26-18(22-15)10-14-6-4-5-9-21-14/h2-9,13H,10-12H2,1H3. The molecule has 27 heavy (non-hydrogen) atoms. The summed E-state index contributed by atoms with van der Waals surface area (Å²) >= 11 is 3.20. The zero-order valence-electron chi connectivity index (χ0n) is 14.8. The minimum atomic E-state index is 0.0453. The molecule has 0 spiro atoms. The Labute approximate surface area is 165 Å². The van der Waals surface area contributed by atoms with E-state index in [1.807, 2.05) is 48.8 Å². The molecule has 4 rings (SSSR count). The van der Waals surface area contributed by atoms with Gasteiger partial charge in [-0.15, -0.1) is 22.7 Å². The molecule has 3 aromatic heterocycles. The van der Waals surface area contributed by atoms with E-state index in [0.29, 0.717) is 19.4 Å². The maximum absolute atomic E-state index is 12.6. The average molecular weight is 395 g/mol. The maximum Gasteiger partial charge on any atom is 0.228 e. The topological polar surface area (TPSA) is 59.0 Å². The van der Waals surface area contributed by atoms with E-state index in [2.05, 4.69) is 21.0 Å². The Bertz CT molecular complexity index is 1020. The third kappa shape index (κ3) is 4.37. The van der Waals surface area contributed by atoms with Crippen LogP contribution in [0.1, 0.15) is 21.4 Å².